The normalized spacial score (nSPS) is 12.5. The highest BCUT2D eigenvalue weighted by molar-refractivity contribution is 7.92. The summed E-state index contributed by atoms with van der Waals surface area (Å²) < 4.78 is 25.8. The molecule has 1 amide bonds. The molecular weight excluding hydrogens is 395 g/mol. The first kappa shape index (κ1) is 20.6. The van der Waals surface area contributed by atoms with Gasteiger partial charge >= 0.3 is 0 Å². The molecule has 2 aromatic carbocycles. The van der Waals surface area contributed by atoms with Crippen LogP contribution >= 0.6 is 23.2 Å². The van der Waals surface area contributed by atoms with Gasteiger partial charge in [-0.15, -0.1) is 0 Å². The second kappa shape index (κ2) is 7.86. The third kappa shape index (κ3) is 4.69. The first-order valence-electron chi connectivity index (χ1n) is 7.83. The number of nitrogens with zero attached hydrogens (tertiary/aromatic N) is 1. The standard InChI is InChI=1S/C18H20Cl2N2O3S/c1-11-8-12(2)10-14(9-11)22(26(4,24)25)13(3)18(23)21-16-7-5-6-15(19)17(16)20/h5-10,13H,1-4H3,(H,21,23)/t13-/m1/s1. The molecule has 0 saturated heterocycles. The first-order chi connectivity index (χ1) is 12.0. The number of anilines is 2. The summed E-state index contributed by atoms with van der Waals surface area (Å²) in [5.74, 6) is -0.515. The third-order valence-corrected chi connectivity index (χ3v) is 5.82. The van der Waals surface area contributed by atoms with Crippen LogP contribution in [0.15, 0.2) is 36.4 Å². The molecule has 0 spiro atoms. The lowest BCUT2D eigenvalue weighted by Gasteiger charge is -2.29. The molecule has 2 aromatic rings. The van der Waals surface area contributed by atoms with Crippen LogP contribution in [0.1, 0.15) is 18.1 Å². The number of carbonyl (C=O) groups excluding carboxylic acids is 1. The van der Waals surface area contributed by atoms with Crippen molar-refractivity contribution in [3.8, 4) is 0 Å². The smallest absolute Gasteiger partial charge is 0.248 e. The van der Waals surface area contributed by atoms with Crippen molar-refractivity contribution in [2.75, 3.05) is 15.9 Å². The van der Waals surface area contributed by atoms with Crippen molar-refractivity contribution in [3.63, 3.8) is 0 Å². The van der Waals surface area contributed by atoms with Gasteiger partial charge < -0.3 is 5.32 Å². The molecule has 0 aliphatic rings. The van der Waals surface area contributed by atoms with Crippen molar-refractivity contribution in [2.45, 2.75) is 26.8 Å². The summed E-state index contributed by atoms with van der Waals surface area (Å²) in [6, 6.07) is 9.24. The molecule has 1 atom stereocenters. The minimum Gasteiger partial charge on any atom is -0.323 e. The molecule has 0 unspecified atom stereocenters. The average molecular weight is 415 g/mol. The summed E-state index contributed by atoms with van der Waals surface area (Å²) in [5, 5.41) is 3.14. The number of sulfonamides is 1. The molecular formula is C18H20Cl2N2O3S. The summed E-state index contributed by atoms with van der Waals surface area (Å²) in [6.07, 6.45) is 1.07. The molecule has 0 fully saturated rings. The van der Waals surface area contributed by atoms with Crippen LogP contribution in [0.25, 0.3) is 0 Å². The number of hydrogen-bond acceptors (Lipinski definition) is 3. The van der Waals surface area contributed by atoms with Gasteiger partial charge in [0.05, 0.1) is 27.7 Å². The number of rotatable bonds is 5. The van der Waals surface area contributed by atoms with Gasteiger partial charge in [0.25, 0.3) is 0 Å². The predicted octanol–water partition coefficient (Wildman–Crippen LogP) is 4.40. The lowest BCUT2D eigenvalue weighted by molar-refractivity contribution is -0.116. The third-order valence-electron chi connectivity index (χ3n) is 3.76. The molecule has 8 heteroatoms. The van der Waals surface area contributed by atoms with E-state index in [0.29, 0.717) is 16.4 Å². The minimum atomic E-state index is -3.69. The Morgan fingerprint density at radius 1 is 1.12 bits per heavy atom. The monoisotopic (exact) mass is 414 g/mol. The van der Waals surface area contributed by atoms with Gasteiger partial charge in [-0.2, -0.15) is 0 Å². The van der Waals surface area contributed by atoms with Crippen LogP contribution < -0.4 is 9.62 Å². The predicted molar refractivity (Wildman–Crippen MR) is 108 cm³/mol. The largest absolute Gasteiger partial charge is 0.323 e. The number of aryl methyl sites for hydroxylation is 2. The Kier molecular flexibility index (Phi) is 6.21. The minimum absolute atomic E-state index is 0.201. The van der Waals surface area contributed by atoms with Crippen molar-refractivity contribution >= 4 is 50.5 Å². The molecule has 0 heterocycles. The van der Waals surface area contributed by atoms with Gasteiger partial charge in [-0.1, -0.05) is 35.3 Å². The molecule has 26 heavy (non-hydrogen) atoms. The van der Waals surface area contributed by atoms with Crippen LogP contribution in [-0.4, -0.2) is 26.6 Å². The topological polar surface area (TPSA) is 66.5 Å². The van der Waals surface area contributed by atoms with E-state index in [1.165, 1.54) is 6.92 Å². The van der Waals surface area contributed by atoms with E-state index in [-0.39, 0.29) is 5.02 Å². The van der Waals surface area contributed by atoms with Crippen LogP contribution in [0.5, 0.6) is 0 Å². The Morgan fingerprint density at radius 3 is 2.23 bits per heavy atom. The number of carbonyl (C=O) groups is 1. The van der Waals surface area contributed by atoms with Gasteiger partial charge in [0.15, 0.2) is 0 Å². The van der Waals surface area contributed by atoms with Gasteiger partial charge in [0.2, 0.25) is 15.9 Å². The van der Waals surface area contributed by atoms with Gasteiger partial charge in [0.1, 0.15) is 6.04 Å². The molecule has 0 aliphatic carbocycles. The van der Waals surface area contributed by atoms with Crippen molar-refractivity contribution < 1.29 is 13.2 Å². The Bertz CT molecular complexity index is 925. The van der Waals surface area contributed by atoms with E-state index in [9.17, 15) is 13.2 Å². The van der Waals surface area contributed by atoms with Crippen molar-refractivity contribution in [1.29, 1.82) is 0 Å². The van der Waals surface area contributed by atoms with E-state index < -0.39 is 22.0 Å². The van der Waals surface area contributed by atoms with Crippen LogP contribution in [0.4, 0.5) is 11.4 Å². The fourth-order valence-electron chi connectivity index (χ4n) is 2.72. The maximum Gasteiger partial charge on any atom is 0.248 e. The SMILES string of the molecule is Cc1cc(C)cc(N([C@H](C)C(=O)Nc2cccc(Cl)c2Cl)S(C)(=O)=O)c1. The van der Waals surface area contributed by atoms with Crippen LogP contribution in [-0.2, 0) is 14.8 Å². The molecule has 5 nitrogen and oxygen atoms in total. The number of hydrogen-bond donors (Lipinski definition) is 1. The number of nitrogens with one attached hydrogen (secondary N) is 1. The van der Waals surface area contributed by atoms with Gasteiger partial charge in [0, 0.05) is 0 Å². The Balaban J connectivity index is 2.39. The lowest BCUT2D eigenvalue weighted by atomic mass is 10.1. The Labute approximate surface area is 164 Å². The maximum absolute atomic E-state index is 12.7. The fourth-order valence-corrected chi connectivity index (χ4v) is 4.23. The number of halogens is 2. The number of amides is 1. The first-order valence-corrected chi connectivity index (χ1v) is 10.4. The Morgan fingerprint density at radius 2 is 1.69 bits per heavy atom. The van der Waals surface area contributed by atoms with E-state index in [1.807, 2.05) is 19.9 Å². The quantitative estimate of drug-likeness (QED) is 0.787. The number of benzene rings is 2. The van der Waals surface area contributed by atoms with E-state index in [0.717, 1.165) is 21.7 Å². The van der Waals surface area contributed by atoms with Crippen molar-refractivity contribution in [1.82, 2.24) is 0 Å². The van der Waals surface area contributed by atoms with E-state index in [1.54, 1.807) is 30.3 Å². The highest BCUT2D eigenvalue weighted by Crippen LogP contribution is 2.30. The zero-order valence-corrected chi connectivity index (χ0v) is 17.2. The average Bonchev–Trinajstić information content (AvgIpc) is 2.49. The van der Waals surface area contributed by atoms with Crippen LogP contribution in [0, 0.1) is 13.8 Å². The van der Waals surface area contributed by atoms with E-state index in [2.05, 4.69) is 5.32 Å². The summed E-state index contributed by atoms with van der Waals surface area (Å²) >= 11 is 12.0. The maximum atomic E-state index is 12.7. The van der Waals surface area contributed by atoms with Crippen LogP contribution in [0.3, 0.4) is 0 Å². The fraction of sp³-hybridized carbons (Fsp3) is 0.278. The second-order valence-electron chi connectivity index (χ2n) is 6.17. The Hall–Kier alpha value is -1.76. The molecule has 0 aromatic heterocycles. The molecule has 140 valence electrons. The zero-order valence-electron chi connectivity index (χ0n) is 14.9. The summed E-state index contributed by atoms with van der Waals surface area (Å²) in [7, 11) is -3.69. The van der Waals surface area contributed by atoms with Crippen molar-refractivity contribution in [2.24, 2.45) is 0 Å². The summed E-state index contributed by atoms with van der Waals surface area (Å²) in [5.41, 5.74) is 2.56. The summed E-state index contributed by atoms with van der Waals surface area (Å²) in [6.45, 7) is 5.26. The van der Waals surface area contributed by atoms with E-state index in [4.69, 9.17) is 23.2 Å². The zero-order chi connectivity index (χ0) is 19.6. The van der Waals surface area contributed by atoms with Gasteiger partial charge in [-0.05, 0) is 56.2 Å². The molecule has 1 N–H and O–H groups in total. The molecule has 2 rings (SSSR count). The molecule has 0 aliphatic heterocycles. The molecule has 0 saturated carbocycles. The molecule has 0 bridgehead atoms. The van der Waals surface area contributed by atoms with Gasteiger partial charge in [-0.25, -0.2) is 8.42 Å². The van der Waals surface area contributed by atoms with E-state index >= 15 is 0 Å². The van der Waals surface area contributed by atoms with Crippen LogP contribution in [0.2, 0.25) is 10.0 Å². The highest BCUT2D eigenvalue weighted by Gasteiger charge is 2.29. The highest BCUT2D eigenvalue weighted by atomic mass is 35.5. The second-order valence-corrected chi connectivity index (χ2v) is 8.82. The molecule has 0 radical (unpaired) electrons. The lowest BCUT2D eigenvalue weighted by Crippen LogP contribution is -2.45. The van der Waals surface area contributed by atoms with Gasteiger partial charge in [-0.3, -0.25) is 9.10 Å². The summed E-state index contributed by atoms with van der Waals surface area (Å²) in [4.78, 5) is 12.7. The van der Waals surface area contributed by atoms with Crippen molar-refractivity contribution in [3.05, 3.63) is 57.6 Å².